The van der Waals surface area contributed by atoms with Crippen molar-refractivity contribution in [3.63, 3.8) is 0 Å². The van der Waals surface area contributed by atoms with Gasteiger partial charge in [0.1, 0.15) is 12.4 Å². The second-order valence-electron chi connectivity index (χ2n) is 6.37. The number of ether oxygens (including phenoxy) is 1. The van der Waals surface area contributed by atoms with Gasteiger partial charge in [-0.15, -0.1) is 0 Å². The summed E-state index contributed by atoms with van der Waals surface area (Å²) >= 11 is 12.1. The first-order valence-electron chi connectivity index (χ1n) is 8.87. The summed E-state index contributed by atoms with van der Waals surface area (Å²) in [6, 6.07) is 17.9. The lowest BCUT2D eigenvalue weighted by molar-refractivity contribution is 0.0691. The first-order valence-corrected chi connectivity index (χ1v) is 9.62. The van der Waals surface area contributed by atoms with Gasteiger partial charge >= 0.3 is 5.97 Å². The van der Waals surface area contributed by atoms with Gasteiger partial charge in [-0.3, -0.25) is 9.36 Å². The molecule has 1 heterocycles. The molecule has 30 heavy (non-hydrogen) atoms. The highest BCUT2D eigenvalue weighted by Gasteiger charge is 2.23. The highest BCUT2D eigenvalue weighted by molar-refractivity contribution is 6.35. The molecule has 0 aliphatic carbocycles. The monoisotopic (exact) mass is 440 g/mol. The fourth-order valence-corrected chi connectivity index (χ4v) is 3.57. The quantitative estimate of drug-likeness (QED) is 0.454. The third kappa shape index (κ3) is 3.75. The van der Waals surface area contributed by atoms with Crippen LogP contribution in [0.3, 0.4) is 0 Å². The molecule has 0 unspecified atom stereocenters. The second kappa shape index (κ2) is 8.18. The van der Waals surface area contributed by atoms with Crippen molar-refractivity contribution in [2.45, 2.75) is 6.61 Å². The molecule has 0 aliphatic rings. The number of hydrogen-bond donors (Lipinski definition) is 1. The zero-order chi connectivity index (χ0) is 21.3. The number of fused-ring (bicyclic) bond motifs is 1. The Morgan fingerprint density at radius 1 is 0.967 bits per heavy atom. The molecule has 6 nitrogen and oxygen atoms in total. The molecule has 4 rings (SSSR count). The molecule has 150 valence electrons. The van der Waals surface area contributed by atoms with Gasteiger partial charge < -0.3 is 9.84 Å². The van der Waals surface area contributed by atoms with Crippen molar-refractivity contribution in [1.82, 2.24) is 9.55 Å². The first-order chi connectivity index (χ1) is 14.5. The summed E-state index contributed by atoms with van der Waals surface area (Å²) in [5, 5.41) is 10.3. The third-order valence-electron chi connectivity index (χ3n) is 4.47. The molecule has 0 atom stereocenters. The topological polar surface area (TPSA) is 81.4 Å². The Balaban J connectivity index is 1.78. The first kappa shape index (κ1) is 19.9. The lowest BCUT2D eigenvalue weighted by atomic mass is 10.1. The zero-order valence-electron chi connectivity index (χ0n) is 15.4. The fourth-order valence-electron chi connectivity index (χ4n) is 3.11. The minimum atomic E-state index is -1.19. The molecule has 0 saturated carbocycles. The maximum absolute atomic E-state index is 13.4. The fraction of sp³-hybridized carbons (Fsp3) is 0.0455. The SMILES string of the molecule is O=C(O)c1ccccc1C(=O)n1c(COc2ccc(Cl)cc2Cl)nc2ccccc21. The third-order valence-corrected chi connectivity index (χ3v) is 5.00. The Morgan fingerprint density at radius 3 is 2.40 bits per heavy atom. The molecule has 0 amide bonds. The number of carbonyl (C=O) groups excluding carboxylic acids is 1. The van der Waals surface area contributed by atoms with Crippen LogP contribution < -0.4 is 4.74 Å². The molecule has 8 heteroatoms. The van der Waals surface area contributed by atoms with Crippen LogP contribution in [0.5, 0.6) is 5.75 Å². The Hall–Kier alpha value is -3.35. The van der Waals surface area contributed by atoms with Crippen LogP contribution in [-0.2, 0) is 6.61 Å². The van der Waals surface area contributed by atoms with E-state index in [1.165, 1.54) is 16.7 Å². The predicted molar refractivity (Wildman–Crippen MR) is 114 cm³/mol. The molecule has 3 aromatic carbocycles. The predicted octanol–water partition coefficient (Wildman–Crippen LogP) is 5.31. The number of rotatable bonds is 5. The molecule has 0 bridgehead atoms. The minimum absolute atomic E-state index is 0.0546. The number of para-hydroxylation sites is 2. The van der Waals surface area contributed by atoms with Gasteiger partial charge in [0.25, 0.3) is 5.91 Å². The van der Waals surface area contributed by atoms with E-state index in [4.69, 9.17) is 27.9 Å². The van der Waals surface area contributed by atoms with Crippen LogP contribution >= 0.6 is 23.2 Å². The van der Waals surface area contributed by atoms with E-state index in [9.17, 15) is 14.7 Å². The number of halogens is 2. The number of nitrogens with zero attached hydrogens (tertiary/aromatic N) is 2. The van der Waals surface area contributed by atoms with Gasteiger partial charge in [-0.25, -0.2) is 9.78 Å². The average Bonchev–Trinajstić information content (AvgIpc) is 3.11. The summed E-state index contributed by atoms with van der Waals surface area (Å²) in [4.78, 5) is 29.4. The molecular weight excluding hydrogens is 427 g/mol. The minimum Gasteiger partial charge on any atom is -0.484 e. The number of imidazole rings is 1. The van der Waals surface area contributed by atoms with E-state index in [0.29, 0.717) is 32.7 Å². The molecule has 0 fully saturated rings. The van der Waals surface area contributed by atoms with Crippen LogP contribution in [-0.4, -0.2) is 26.5 Å². The van der Waals surface area contributed by atoms with E-state index < -0.39 is 11.9 Å². The summed E-state index contributed by atoms with van der Waals surface area (Å²) in [6.07, 6.45) is 0. The Morgan fingerprint density at radius 2 is 1.67 bits per heavy atom. The van der Waals surface area contributed by atoms with Crippen LogP contribution in [0.2, 0.25) is 10.0 Å². The van der Waals surface area contributed by atoms with Gasteiger partial charge in [0, 0.05) is 5.02 Å². The van der Waals surface area contributed by atoms with Crippen LogP contribution in [0.15, 0.2) is 66.7 Å². The Bertz CT molecular complexity index is 1280. The average molecular weight is 441 g/mol. The summed E-state index contributed by atoms with van der Waals surface area (Å²) in [7, 11) is 0. The van der Waals surface area contributed by atoms with Gasteiger partial charge in [-0.1, -0.05) is 47.5 Å². The number of aromatic nitrogens is 2. The maximum atomic E-state index is 13.4. The molecule has 0 radical (unpaired) electrons. The molecule has 4 aromatic rings. The molecule has 1 aromatic heterocycles. The van der Waals surface area contributed by atoms with Crippen LogP contribution in [0.25, 0.3) is 11.0 Å². The van der Waals surface area contributed by atoms with Gasteiger partial charge in [0.15, 0.2) is 5.82 Å². The number of aromatic carboxylic acids is 1. The van der Waals surface area contributed by atoms with Crippen molar-refractivity contribution in [3.8, 4) is 5.75 Å². The normalized spacial score (nSPS) is 10.9. The van der Waals surface area contributed by atoms with Crippen LogP contribution in [0, 0.1) is 0 Å². The number of carbonyl (C=O) groups is 2. The van der Waals surface area contributed by atoms with Gasteiger partial charge in [-0.05, 0) is 42.5 Å². The van der Waals surface area contributed by atoms with E-state index in [1.54, 1.807) is 54.6 Å². The van der Waals surface area contributed by atoms with Gasteiger partial charge in [0.2, 0.25) is 0 Å². The number of benzene rings is 3. The molecular formula is C22H14Cl2N2O4. The molecule has 0 saturated heterocycles. The van der Waals surface area contributed by atoms with E-state index in [-0.39, 0.29) is 17.7 Å². The van der Waals surface area contributed by atoms with Crippen molar-refractivity contribution < 1.29 is 19.4 Å². The van der Waals surface area contributed by atoms with Crippen molar-refractivity contribution >= 4 is 46.1 Å². The van der Waals surface area contributed by atoms with Crippen molar-refractivity contribution in [3.05, 3.63) is 93.7 Å². The maximum Gasteiger partial charge on any atom is 0.336 e. The smallest absolute Gasteiger partial charge is 0.336 e. The lowest BCUT2D eigenvalue weighted by Crippen LogP contribution is -2.19. The van der Waals surface area contributed by atoms with Crippen molar-refractivity contribution in [2.75, 3.05) is 0 Å². The second-order valence-corrected chi connectivity index (χ2v) is 7.22. The van der Waals surface area contributed by atoms with Crippen LogP contribution in [0.1, 0.15) is 26.5 Å². The number of carboxylic acids is 1. The van der Waals surface area contributed by atoms with Crippen molar-refractivity contribution in [2.24, 2.45) is 0 Å². The highest BCUT2D eigenvalue weighted by atomic mass is 35.5. The Kier molecular flexibility index (Phi) is 5.44. The van der Waals surface area contributed by atoms with Gasteiger partial charge in [0.05, 0.1) is 27.2 Å². The van der Waals surface area contributed by atoms with E-state index in [0.717, 1.165) is 0 Å². The zero-order valence-corrected chi connectivity index (χ0v) is 16.9. The van der Waals surface area contributed by atoms with E-state index >= 15 is 0 Å². The van der Waals surface area contributed by atoms with E-state index in [2.05, 4.69) is 4.98 Å². The molecule has 1 N–H and O–H groups in total. The molecule has 0 spiro atoms. The van der Waals surface area contributed by atoms with E-state index in [1.807, 2.05) is 0 Å². The van der Waals surface area contributed by atoms with Crippen LogP contribution in [0.4, 0.5) is 0 Å². The Labute approximate surface area is 181 Å². The summed E-state index contributed by atoms with van der Waals surface area (Å²) < 4.78 is 7.13. The number of carboxylic acid groups (broad SMARTS) is 1. The number of hydrogen-bond acceptors (Lipinski definition) is 4. The van der Waals surface area contributed by atoms with Gasteiger partial charge in [-0.2, -0.15) is 0 Å². The molecule has 0 aliphatic heterocycles. The standard InChI is InChI=1S/C22H14Cl2N2O4/c23-13-9-10-19(16(24)11-13)30-12-20-25-17-7-3-4-8-18(17)26(20)21(27)14-5-1-2-6-15(14)22(28)29/h1-11H,12H2,(H,28,29). The van der Waals surface area contributed by atoms with Crippen molar-refractivity contribution in [1.29, 1.82) is 0 Å². The summed E-state index contributed by atoms with van der Waals surface area (Å²) in [5.41, 5.74) is 1.09. The summed E-state index contributed by atoms with van der Waals surface area (Å²) in [5.74, 6) is -0.998. The highest BCUT2D eigenvalue weighted by Crippen LogP contribution is 2.29. The lowest BCUT2D eigenvalue weighted by Gasteiger charge is -2.12. The largest absolute Gasteiger partial charge is 0.484 e. The summed E-state index contributed by atoms with van der Waals surface area (Å²) in [6.45, 7) is -0.0585.